The molecule has 0 fully saturated rings. The Morgan fingerprint density at radius 2 is 1.75 bits per heavy atom. The quantitative estimate of drug-likeness (QED) is 0.830. The molecule has 0 heterocycles. The number of aryl methyl sites for hydroxylation is 1. The molecule has 0 spiro atoms. The second-order valence-corrected chi connectivity index (χ2v) is 4.24. The van der Waals surface area contributed by atoms with E-state index in [2.05, 4.69) is 5.32 Å². The summed E-state index contributed by atoms with van der Waals surface area (Å²) in [7, 11) is 0. The van der Waals surface area contributed by atoms with Crippen LogP contribution >= 0.6 is 0 Å². The molecule has 0 unspecified atom stereocenters. The van der Waals surface area contributed by atoms with Crippen molar-refractivity contribution in [2.45, 2.75) is 6.92 Å². The van der Waals surface area contributed by atoms with Gasteiger partial charge in [0.25, 0.3) is 5.91 Å². The zero-order valence-corrected chi connectivity index (χ0v) is 10.5. The Hall–Kier alpha value is -2.50. The number of carbonyl (C=O) groups is 1. The second-order valence-electron chi connectivity index (χ2n) is 4.24. The van der Waals surface area contributed by atoms with E-state index in [-0.39, 0.29) is 11.4 Å². The van der Waals surface area contributed by atoms with Gasteiger partial charge < -0.3 is 11.1 Å². The second kappa shape index (κ2) is 5.24. The summed E-state index contributed by atoms with van der Waals surface area (Å²) in [6, 6.07) is 5.74. The fraction of sp³-hybridized carbons (Fsp3) is 0.0714. The number of amides is 1. The Bertz CT molecular complexity index is 686. The predicted molar refractivity (Wildman–Crippen MR) is 69.9 cm³/mol. The van der Waals surface area contributed by atoms with Gasteiger partial charge in [0.05, 0.1) is 5.69 Å². The number of hydrogen-bond donors (Lipinski definition) is 2. The van der Waals surface area contributed by atoms with Crippen LogP contribution in [0.15, 0.2) is 30.3 Å². The molecule has 0 aliphatic carbocycles. The highest BCUT2D eigenvalue weighted by Crippen LogP contribution is 2.21. The van der Waals surface area contributed by atoms with Crippen molar-refractivity contribution >= 4 is 17.3 Å². The van der Waals surface area contributed by atoms with Crippen LogP contribution in [0.3, 0.4) is 0 Å². The summed E-state index contributed by atoms with van der Waals surface area (Å²) in [5, 5.41) is 2.29. The average Bonchev–Trinajstić information content (AvgIpc) is 2.39. The number of nitrogen functional groups attached to an aromatic ring is 1. The molecular formula is C14H11F3N2O. The summed E-state index contributed by atoms with van der Waals surface area (Å²) in [5.74, 6) is -3.57. The molecule has 104 valence electrons. The molecule has 3 N–H and O–H groups in total. The molecule has 0 bridgehead atoms. The number of halogens is 3. The maximum Gasteiger partial charge on any atom is 0.261 e. The SMILES string of the molecule is Cc1cc(NC(=O)c2c(F)ccc(N)c2F)ccc1F. The van der Waals surface area contributed by atoms with E-state index in [1.165, 1.54) is 19.1 Å². The Labute approximate surface area is 113 Å². The van der Waals surface area contributed by atoms with Crippen molar-refractivity contribution in [2.75, 3.05) is 11.1 Å². The van der Waals surface area contributed by atoms with E-state index in [0.717, 1.165) is 18.2 Å². The van der Waals surface area contributed by atoms with E-state index < -0.39 is 28.9 Å². The summed E-state index contributed by atoms with van der Waals surface area (Å²) in [6.45, 7) is 1.51. The van der Waals surface area contributed by atoms with Gasteiger partial charge in [-0.3, -0.25) is 4.79 Å². The highest BCUT2D eigenvalue weighted by atomic mass is 19.1. The van der Waals surface area contributed by atoms with E-state index in [0.29, 0.717) is 5.56 Å². The van der Waals surface area contributed by atoms with Crippen molar-refractivity contribution < 1.29 is 18.0 Å². The van der Waals surface area contributed by atoms with Gasteiger partial charge >= 0.3 is 0 Å². The van der Waals surface area contributed by atoms with Crippen LogP contribution in [0.4, 0.5) is 24.5 Å². The van der Waals surface area contributed by atoms with Gasteiger partial charge in [-0.25, -0.2) is 13.2 Å². The van der Waals surface area contributed by atoms with E-state index in [1.807, 2.05) is 0 Å². The monoisotopic (exact) mass is 280 g/mol. The lowest BCUT2D eigenvalue weighted by Crippen LogP contribution is -2.17. The van der Waals surface area contributed by atoms with Crippen LogP contribution in [0.5, 0.6) is 0 Å². The highest BCUT2D eigenvalue weighted by molar-refractivity contribution is 6.05. The predicted octanol–water partition coefficient (Wildman–Crippen LogP) is 3.25. The summed E-state index contributed by atoms with van der Waals surface area (Å²) in [6.07, 6.45) is 0. The van der Waals surface area contributed by atoms with Gasteiger partial charge in [-0.15, -0.1) is 0 Å². The first-order valence-electron chi connectivity index (χ1n) is 5.71. The molecule has 2 aromatic rings. The number of nitrogens with two attached hydrogens (primary N) is 1. The smallest absolute Gasteiger partial charge is 0.261 e. The third-order valence-electron chi connectivity index (χ3n) is 2.76. The van der Waals surface area contributed by atoms with E-state index in [9.17, 15) is 18.0 Å². The lowest BCUT2D eigenvalue weighted by atomic mass is 10.1. The van der Waals surface area contributed by atoms with Crippen LogP contribution in [0.1, 0.15) is 15.9 Å². The van der Waals surface area contributed by atoms with Crippen LogP contribution < -0.4 is 11.1 Å². The summed E-state index contributed by atoms with van der Waals surface area (Å²) >= 11 is 0. The summed E-state index contributed by atoms with van der Waals surface area (Å²) in [4.78, 5) is 11.9. The first kappa shape index (κ1) is 13.9. The maximum atomic E-state index is 13.7. The molecule has 0 saturated carbocycles. The summed E-state index contributed by atoms with van der Waals surface area (Å²) in [5.41, 5.74) is 4.73. The van der Waals surface area contributed by atoms with E-state index >= 15 is 0 Å². The standard InChI is InChI=1S/C14H11F3N2O/c1-7-6-8(2-3-9(7)15)19-14(20)12-10(16)4-5-11(18)13(12)17/h2-6H,18H2,1H3,(H,19,20). The van der Waals surface area contributed by atoms with Crippen molar-refractivity contribution in [3.63, 3.8) is 0 Å². The Morgan fingerprint density at radius 3 is 2.40 bits per heavy atom. The van der Waals surface area contributed by atoms with Gasteiger partial charge in [-0.2, -0.15) is 0 Å². The van der Waals surface area contributed by atoms with E-state index in [1.54, 1.807) is 0 Å². The highest BCUT2D eigenvalue weighted by Gasteiger charge is 2.19. The van der Waals surface area contributed by atoms with Gasteiger partial charge in [-0.1, -0.05) is 0 Å². The summed E-state index contributed by atoms with van der Waals surface area (Å²) < 4.78 is 40.3. The van der Waals surface area contributed by atoms with Crippen molar-refractivity contribution in [2.24, 2.45) is 0 Å². The number of anilines is 2. The number of rotatable bonds is 2. The third kappa shape index (κ3) is 2.59. The number of benzene rings is 2. The first-order valence-corrected chi connectivity index (χ1v) is 5.71. The molecule has 1 amide bonds. The molecule has 0 aromatic heterocycles. The Morgan fingerprint density at radius 1 is 1.10 bits per heavy atom. The Kier molecular flexibility index (Phi) is 3.65. The number of nitrogens with one attached hydrogen (secondary N) is 1. The molecule has 20 heavy (non-hydrogen) atoms. The lowest BCUT2D eigenvalue weighted by Gasteiger charge is -2.09. The minimum Gasteiger partial charge on any atom is -0.396 e. The normalized spacial score (nSPS) is 10.4. The minimum absolute atomic E-state index is 0.232. The van der Waals surface area contributed by atoms with Crippen molar-refractivity contribution in [3.8, 4) is 0 Å². The molecule has 2 rings (SSSR count). The Balaban J connectivity index is 2.33. The zero-order valence-electron chi connectivity index (χ0n) is 10.5. The maximum absolute atomic E-state index is 13.7. The third-order valence-corrected chi connectivity index (χ3v) is 2.76. The molecule has 0 radical (unpaired) electrons. The van der Waals surface area contributed by atoms with Crippen molar-refractivity contribution in [3.05, 3.63) is 58.9 Å². The van der Waals surface area contributed by atoms with Gasteiger partial charge in [0.15, 0.2) is 5.82 Å². The van der Waals surface area contributed by atoms with Crippen molar-refractivity contribution in [1.29, 1.82) is 0 Å². The van der Waals surface area contributed by atoms with Crippen LogP contribution in [0.2, 0.25) is 0 Å². The van der Waals surface area contributed by atoms with Gasteiger partial charge in [0.2, 0.25) is 0 Å². The minimum atomic E-state index is -1.12. The molecule has 0 aliphatic heterocycles. The molecule has 0 saturated heterocycles. The molecule has 2 aromatic carbocycles. The van der Waals surface area contributed by atoms with Gasteiger partial charge in [-0.05, 0) is 42.8 Å². The molecular weight excluding hydrogens is 269 g/mol. The van der Waals surface area contributed by atoms with Crippen LogP contribution in [0.25, 0.3) is 0 Å². The molecule has 0 atom stereocenters. The first-order chi connectivity index (χ1) is 9.40. The lowest BCUT2D eigenvalue weighted by molar-refractivity contribution is 0.101. The molecule has 0 aliphatic rings. The number of hydrogen-bond acceptors (Lipinski definition) is 2. The van der Waals surface area contributed by atoms with Crippen LogP contribution in [0, 0.1) is 24.4 Å². The number of carbonyl (C=O) groups excluding carboxylic acids is 1. The molecule has 3 nitrogen and oxygen atoms in total. The van der Waals surface area contributed by atoms with E-state index in [4.69, 9.17) is 5.73 Å². The van der Waals surface area contributed by atoms with Crippen molar-refractivity contribution in [1.82, 2.24) is 0 Å². The van der Waals surface area contributed by atoms with Gasteiger partial charge in [0, 0.05) is 5.69 Å². The van der Waals surface area contributed by atoms with Crippen LogP contribution in [-0.4, -0.2) is 5.91 Å². The fourth-order valence-electron chi connectivity index (χ4n) is 1.69. The van der Waals surface area contributed by atoms with Crippen LogP contribution in [-0.2, 0) is 0 Å². The fourth-order valence-corrected chi connectivity index (χ4v) is 1.69. The average molecular weight is 280 g/mol. The molecule has 6 heteroatoms. The largest absolute Gasteiger partial charge is 0.396 e. The van der Waals surface area contributed by atoms with Gasteiger partial charge in [0.1, 0.15) is 17.2 Å². The topological polar surface area (TPSA) is 55.1 Å². The zero-order chi connectivity index (χ0) is 14.9.